The molecule has 2 aromatic rings. The number of nitrogens with zero attached hydrogens (tertiary/aromatic N) is 1. The largest absolute Gasteiger partial charge is 0.497 e. The molecule has 0 spiro atoms. The number of methoxy groups -OCH3 is 3. The molecule has 0 bridgehead atoms. The SMILES string of the molecule is CCCCCCN1c2ccc(OC)cc2Sc2c1ccc(OC)c2COCOCCOC. The Morgan fingerprint density at radius 3 is 2.47 bits per heavy atom. The minimum Gasteiger partial charge on any atom is -0.497 e. The third kappa shape index (κ3) is 6.10. The van der Waals surface area contributed by atoms with Crippen LogP contribution in [0, 0.1) is 0 Å². The van der Waals surface area contributed by atoms with Crippen molar-refractivity contribution in [2.45, 2.75) is 49.0 Å². The highest BCUT2D eigenvalue weighted by atomic mass is 32.2. The number of anilines is 2. The van der Waals surface area contributed by atoms with Crippen molar-refractivity contribution in [3.8, 4) is 11.5 Å². The highest BCUT2D eigenvalue weighted by Crippen LogP contribution is 2.52. The molecule has 0 atom stereocenters. The Hall–Kier alpha value is -1.93. The second kappa shape index (κ2) is 12.9. The van der Waals surface area contributed by atoms with Gasteiger partial charge in [0.15, 0.2) is 0 Å². The summed E-state index contributed by atoms with van der Waals surface area (Å²) >= 11 is 1.75. The van der Waals surface area contributed by atoms with Crippen molar-refractivity contribution in [1.82, 2.24) is 0 Å². The van der Waals surface area contributed by atoms with Crippen LogP contribution in [-0.4, -0.2) is 47.9 Å². The van der Waals surface area contributed by atoms with Crippen LogP contribution in [0.2, 0.25) is 0 Å². The Morgan fingerprint density at radius 1 is 0.875 bits per heavy atom. The van der Waals surface area contributed by atoms with Gasteiger partial charge in [-0.2, -0.15) is 0 Å². The van der Waals surface area contributed by atoms with Crippen molar-refractivity contribution in [2.75, 3.05) is 52.8 Å². The van der Waals surface area contributed by atoms with Gasteiger partial charge in [-0.25, -0.2) is 0 Å². The third-order valence-corrected chi connectivity index (χ3v) is 6.66. The summed E-state index contributed by atoms with van der Waals surface area (Å²) in [5.41, 5.74) is 3.46. The topological polar surface area (TPSA) is 49.4 Å². The maximum absolute atomic E-state index is 5.84. The first-order valence-corrected chi connectivity index (χ1v) is 12.0. The lowest BCUT2D eigenvalue weighted by atomic mass is 10.1. The number of benzene rings is 2. The van der Waals surface area contributed by atoms with Gasteiger partial charge in [0.25, 0.3) is 0 Å². The van der Waals surface area contributed by atoms with Crippen molar-refractivity contribution in [1.29, 1.82) is 0 Å². The second-order valence-corrected chi connectivity index (χ2v) is 8.66. The standard InChI is InChI=1S/C25H35NO5S/c1-5-6-7-8-13-26-21-10-9-19(28-3)16-24(21)32-25-20(17-31-18-30-15-14-27-2)23(29-4)12-11-22(25)26/h9-12,16H,5-8,13-15,17-18H2,1-4H3. The Balaban J connectivity index is 1.88. The van der Waals surface area contributed by atoms with Gasteiger partial charge in [0.05, 0.1) is 45.4 Å². The zero-order chi connectivity index (χ0) is 22.8. The number of hydrogen-bond acceptors (Lipinski definition) is 7. The van der Waals surface area contributed by atoms with Crippen molar-refractivity contribution < 1.29 is 23.7 Å². The maximum atomic E-state index is 5.84. The average Bonchev–Trinajstić information content (AvgIpc) is 2.82. The smallest absolute Gasteiger partial charge is 0.147 e. The van der Waals surface area contributed by atoms with Gasteiger partial charge in [0.2, 0.25) is 0 Å². The normalized spacial score (nSPS) is 12.4. The second-order valence-electron chi connectivity index (χ2n) is 7.61. The van der Waals surface area contributed by atoms with Gasteiger partial charge in [-0.15, -0.1) is 0 Å². The van der Waals surface area contributed by atoms with E-state index in [2.05, 4.69) is 30.0 Å². The summed E-state index contributed by atoms with van der Waals surface area (Å²) in [5.74, 6) is 1.68. The van der Waals surface area contributed by atoms with E-state index in [0.717, 1.165) is 34.9 Å². The first-order chi connectivity index (χ1) is 15.7. The quantitative estimate of drug-likeness (QED) is 0.252. The molecule has 3 rings (SSSR count). The molecule has 0 aliphatic carbocycles. The highest BCUT2D eigenvalue weighted by Gasteiger charge is 2.27. The van der Waals surface area contributed by atoms with E-state index < -0.39 is 0 Å². The van der Waals surface area contributed by atoms with Crippen LogP contribution < -0.4 is 14.4 Å². The van der Waals surface area contributed by atoms with Crippen molar-refractivity contribution in [3.05, 3.63) is 35.9 Å². The van der Waals surface area contributed by atoms with Gasteiger partial charge < -0.3 is 28.6 Å². The zero-order valence-corrected chi connectivity index (χ0v) is 20.5. The molecule has 0 unspecified atom stereocenters. The molecule has 176 valence electrons. The predicted molar refractivity (Wildman–Crippen MR) is 129 cm³/mol. The van der Waals surface area contributed by atoms with Crippen molar-refractivity contribution >= 4 is 23.1 Å². The number of hydrogen-bond donors (Lipinski definition) is 0. The minimum atomic E-state index is 0.214. The molecule has 0 aromatic heterocycles. The average molecular weight is 462 g/mol. The molecule has 6 nitrogen and oxygen atoms in total. The maximum Gasteiger partial charge on any atom is 0.147 e. The third-order valence-electron chi connectivity index (χ3n) is 5.46. The molecule has 1 aliphatic rings. The molecular weight excluding hydrogens is 426 g/mol. The summed E-state index contributed by atoms with van der Waals surface area (Å²) in [6.07, 6.45) is 4.86. The fraction of sp³-hybridized carbons (Fsp3) is 0.520. The van der Waals surface area contributed by atoms with E-state index >= 15 is 0 Å². The Bertz CT molecular complexity index is 860. The molecule has 1 heterocycles. The molecule has 32 heavy (non-hydrogen) atoms. The summed E-state index contributed by atoms with van der Waals surface area (Å²) in [4.78, 5) is 4.77. The molecule has 0 saturated carbocycles. The van der Waals surface area contributed by atoms with Gasteiger partial charge >= 0.3 is 0 Å². The van der Waals surface area contributed by atoms with Crippen LogP contribution in [0.3, 0.4) is 0 Å². The van der Waals surface area contributed by atoms with Crippen LogP contribution in [0.25, 0.3) is 0 Å². The predicted octanol–water partition coefficient (Wildman–Crippen LogP) is 6.02. The van der Waals surface area contributed by atoms with Crippen LogP contribution in [0.1, 0.15) is 38.2 Å². The summed E-state index contributed by atoms with van der Waals surface area (Å²) in [6, 6.07) is 10.5. The van der Waals surface area contributed by atoms with E-state index in [1.807, 2.05) is 12.1 Å². The Morgan fingerprint density at radius 2 is 1.72 bits per heavy atom. The molecule has 0 radical (unpaired) electrons. The van der Waals surface area contributed by atoms with Crippen LogP contribution in [0.15, 0.2) is 40.1 Å². The lowest BCUT2D eigenvalue weighted by Gasteiger charge is -2.34. The summed E-state index contributed by atoms with van der Waals surface area (Å²) < 4.78 is 27.5. The molecule has 1 aliphatic heterocycles. The fourth-order valence-electron chi connectivity index (χ4n) is 3.76. The fourth-order valence-corrected chi connectivity index (χ4v) is 5.00. The molecule has 0 saturated heterocycles. The zero-order valence-electron chi connectivity index (χ0n) is 19.6. The molecule has 0 fully saturated rings. The molecule has 0 N–H and O–H groups in total. The Kier molecular flexibility index (Phi) is 9.99. The first kappa shape index (κ1) is 24.7. The first-order valence-electron chi connectivity index (χ1n) is 11.2. The van der Waals surface area contributed by atoms with E-state index in [-0.39, 0.29) is 6.79 Å². The molecule has 2 aromatic carbocycles. The van der Waals surface area contributed by atoms with E-state index in [1.54, 1.807) is 33.1 Å². The molecule has 7 heteroatoms. The highest BCUT2D eigenvalue weighted by molar-refractivity contribution is 7.99. The molecular formula is C25H35NO5S. The lowest BCUT2D eigenvalue weighted by molar-refractivity contribution is -0.0732. The van der Waals surface area contributed by atoms with Crippen molar-refractivity contribution in [3.63, 3.8) is 0 Å². The number of rotatable bonds is 14. The number of ether oxygens (including phenoxy) is 5. The van der Waals surface area contributed by atoms with Gasteiger partial charge in [-0.05, 0) is 36.8 Å². The summed E-state index contributed by atoms with van der Waals surface area (Å²) in [5, 5.41) is 0. The Labute approximate surface area is 196 Å². The lowest BCUT2D eigenvalue weighted by Crippen LogP contribution is -2.23. The van der Waals surface area contributed by atoms with E-state index in [1.165, 1.54) is 35.5 Å². The van der Waals surface area contributed by atoms with Crippen LogP contribution in [0.4, 0.5) is 11.4 Å². The van der Waals surface area contributed by atoms with Crippen LogP contribution >= 0.6 is 11.8 Å². The summed E-state index contributed by atoms with van der Waals surface area (Å²) in [7, 11) is 5.06. The minimum absolute atomic E-state index is 0.214. The summed E-state index contributed by atoms with van der Waals surface area (Å²) in [6.45, 7) is 4.90. The molecule has 0 amide bonds. The van der Waals surface area contributed by atoms with E-state index in [4.69, 9.17) is 23.7 Å². The van der Waals surface area contributed by atoms with Crippen LogP contribution in [-0.2, 0) is 20.8 Å². The van der Waals surface area contributed by atoms with Gasteiger partial charge in [0, 0.05) is 29.0 Å². The van der Waals surface area contributed by atoms with Gasteiger partial charge in [-0.3, -0.25) is 0 Å². The monoisotopic (exact) mass is 461 g/mol. The van der Waals surface area contributed by atoms with Gasteiger partial charge in [-0.1, -0.05) is 37.9 Å². The number of fused-ring (bicyclic) bond motifs is 2. The van der Waals surface area contributed by atoms with E-state index in [9.17, 15) is 0 Å². The van der Waals surface area contributed by atoms with Crippen LogP contribution in [0.5, 0.6) is 11.5 Å². The van der Waals surface area contributed by atoms with E-state index in [0.29, 0.717) is 19.8 Å². The number of unbranched alkanes of at least 4 members (excludes halogenated alkanes) is 3. The van der Waals surface area contributed by atoms with Gasteiger partial charge in [0.1, 0.15) is 18.3 Å². The van der Waals surface area contributed by atoms with Crippen molar-refractivity contribution in [2.24, 2.45) is 0 Å².